The third-order valence-electron chi connectivity index (χ3n) is 4.84. The van der Waals surface area contributed by atoms with E-state index in [1.807, 2.05) is 30.3 Å². The highest BCUT2D eigenvalue weighted by molar-refractivity contribution is 5.97. The molecule has 6 nitrogen and oxygen atoms in total. The van der Waals surface area contributed by atoms with Crippen molar-refractivity contribution in [1.82, 2.24) is 20.2 Å². The van der Waals surface area contributed by atoms with E-state index in [2.05, 4.69) is 15.3 Å². The van der Waals surface area contributed by atoms with Gasteiger partial charge in [-0.25, -0.2) is 14.4 Å². The molecule has 1 aliphatic heterocycles. The number of benzene rings is 2. The number of hydrogen-bond acceptors (Lipinski definition) is 4. The van der Waals surface area contributed by atoms with E-state index in [9.17, 15) is 14.0 Å². The molecule has 0 radical (unpaired) electrons. The van der Waals surface area contributed by atoms with Gasteiger partial charge >= 0.3 is 0 Å². The van der Waals surface area contributed by atoms with Crippen molar-refractivity contribution in [3.63, 3.8) is 0 Å². The highest BCUT2D eigenvalue weighted by Gasteiger charge is 2.32. The van der Waals surface area contributed by atoms with Crippen molar-refractivity contribution in [2.24, 2.45) is 0 Å². The summed E-state index contributed by atoms with van der Waals surface area (Å²) in [4.78, 5) is 35.2. The highest BCUT2D eigenvalue weighted by atomic mass is 19.1. The zero-order valence-corrected chi connectivity index (χ0v) is 15.6. The fourth-order valence-corrected chi connectivity index (χ4v) is 3.26. The van der Waals surface area contributed by atoms with Gasteiger partial charge in [-0.05, 0) is 24.1 Å². The number of hydrogen-bond donors (Lipinski definition) is 1. The predicted molar refractivity (Wildman–Crippen MR) is 105 cm³/mol. The maximum absolute atomic E-state index is 13.0. The summed E-state index contributed by atoms with van der Waals surface area (Å²) in [6, 6.07) is 14.9. The van der Waals surface area contributed by atoms with Crippen LogP contribution in [-0.2, 0) is 11.3 Å². The van der Waals surface area contributed by atoms with Gasteiger partial charge in [0, 0.05) is 31.0 Å². The molecule has 1 aromatic heterocycles. The van der Waals surface area contributed by atoms with Crippen molar-refractivity contribution in [3.05, 3.63) is 83.9 Å². The Morgan fingerprint density at radius 2 is 1.76 bits per heavy atom. The van der Waals surface area contributed by atoms with Gasteiger partial charge in [0.15, 0.2) is 5.82 Å². The number of nitrogens with one attached hydrogen (secondary N) is 1. The van der Waals surface area contributed by atoms with Crippen LogP contribution < -0.4 is 5.32 Å². The normalized spacial score (nSPS) is 16.1. The molecular formula is C22H19FN4O2. The van der Waals surface area contributed by atoms with Crippen molar-refractivity contribution in [3.8, 4) is 11.4 Å². The summed E-state index contributed by atoms with van der Waals surface area (Å²) in [6.45, 7) is 0.922. The van der Waals surface area contributed by atoms with Gasteiger partial charge in [0.2, 0.25) is 5.91 Å². The minimum atomic E-state index is -0.586. The van der Waals surface area contributed by atoms with E-state index >= 15 is 0 Å². The van der Waals surface area contributed by atoms with Crippen LogP contribution in [0.5, 0.6) is 0 Å². The molecule has 1 N–H and O–H groups in total. The number of amides is 2. The number of likely N-dealkylation sites (tertiary alicyclic amines) is 1. The van der Waals surface area contributed by atoms with Gasteiger partial charge < -0.3 is 10.2 Å². The van der Waals surface area contributed by atoms with Gasteiger partial charge in [0.25, 0.3) is 5.91 Å². The molecule has 4 rings (SSSR count). The number of carbonyl (C=O) groups is 2. The lowest BCUT2D eigenvalue weighted by Crippen LogP contribution is -2.41. The first-order chi connectivity index (χ1) is 14.1. The first-order valence-electron chi connectivity index (χ1n) is 9.32. The lowest BCUT2D eigenvalue weighted by atomic mass is 10.2. The van der Waals surface area contributed by atoms with Gasteiger partial charge in [-0.1, -0.05) is 42.5 Å². The van der Waals surface area contributed by atoms with E-state index in [4.69, 9.17) is 0 Å². The summed E-state index contributed by atoms with van der Waals surface area (Å²) in [5.41, 5.74) is 2.01. The molecule has 2 amide bonds. The lowest BCUT2D eigenvalue weighted by Gasteiger charge is -2.17. The molecule has 1 aliphatic rings. The summed E-state index contributed by atoms with van der Waals surface area (Å²) in [5, 5.41) is 2.76. The smallest absolute Gasteiger partial charge is 0.255 e. The molecule has 3 aromatic rings. The first-order valence-corrected chi connectivity index (χ1v) is 9.32. The van der Waals surface area contributed by atoms with Crippen LogP contribution in [0.15, 0.2) is 67.0 Å². The molecule has 1 atom stereocenters. The molecule has 29 heavy (non-hydrogen) atoms. The van der Waals surface area contributed by atoms with Crippen molar-refractivity contribution >= 4 is 11.8 Å². The minimum Gasteiger partial charge on any atom is -0.340 e. The molecule has 2 aromatic carbocycles. The molecule has 1 fully saturated rings. The minimum absolute atomic E-state index is 0.149. The summed E-state index contributed by atoms with van der Waals surface area (Å²) >= 11 is 0. The van der Waals surface area contributed by atoms with E-state index in [0.29, 0.717) is 30.9 Å². The zero-order valence-electron chi connectivity index (χ0n) is 15.6. The second-order valence-electron chi connectivity index (χ2n) is 6.86. The molecule has 0 saturated carbocycles. The monoisotopic (exact) mass is 390 g/mol. The average molecular weight is 390 g/mol. The third-order valence-corrected chi connectivity index (χ3v) is 4.84. The van der Waals surface area contributed by atoms with Crippen LogP contribution in [0.2, 0.25) is 0 Å². The Hall–Kier alpha value is -3.61. The van der Waals surface area contributed by atoms with Crippen LogP contribution >= 0.6 is 0 Å². The van der Waals surface area contributed by atoms with E-state index in [0.717, 1.165) is 11.1 Å². The number of nitrogens with zero attached hydrogens (tertiary/aromatic N) is 3. The number of carbonyl (C=O) groups excluding carboxylic acids is 2. The van der Waals surface area contributed by atoms with E-state index in [1.54, 1.807) is 17.0 Å². The van der Waals surface area contributed by atoms with Gasteiger partial charge in [-0.3, -0.25) is 9.59 Å². The first kappa shape index (κ1) is 18.7. The Balaban J connectivity index is 1.37. The Kier molecular flexibility index (Phi) is 5.29. The van der Waals surface area contributed by atoms with Crippen LogP contribution in [0.25, 0.3) is 11.4 Å². The Morgan fingerprint density at radius 3 is 2.45 bits per heavy atom. The van der Waals surface area contributed by atoms with Crippen LogP contribution in [-0.4, -0.2) is 39.3 Å². The molecule has 0 spiro atoms. The Bertz CT molecular complexity index is 1010. The molecular weight excluding hydrogens is 371 g/mol. The van der Waals surface area contributed by atoms with Crippen molar-refractivity contribution in [1.29, 1.82) is 0 Å². The molecule has 7 heteroatoms. The predicted octanol–water partition coefficient (Wildman–Crippen LogP) is 2.81. The molecule has 146 valence electrons. The maximum atomic E-state index is 13.0. The van der Waals surface area contributed by atoms with Gasteiger partial charge in [-0.15, -0.1) is 0 Å². The van der Waals surface area contributed by atoms with Gasteiger partial charge in [0.1, 0.15) is 11.9 Å². The van der Waals surface area contributed by atoms with E-state index in [1.165, 1.54) is 24.5 Å². The van der Waals surface area contributed by atoms with Crippen LogP contribution in [0.1, 0.15) is 22.3 Å². The summed E-state index contributed by atoms with van der Waals surface area (Å²) in [5.74, 6) is -0.312. The summed E-state index contributed by atoms with van der Waals surface area (Å²) in [7, 11) is 0. The van der Waals surface area contributed by atoms with Crippen LogP contribution in [0, 0.1) is 5.82 Å². The van der Waals surface area contributed by atoms with E-state index in [-0.39, 0.29) is 17.6 Å². The van der Waals surface area contributed by atoms with Crippen molar-refractivity contribution in [2.75, 3.05) is 6.54 Å². The quantitative estimate of drug-likeness (QED) is 0.727. The molecule has 2 heterocycles. The lowest BCUT2D eigenvalue weighted by molar-refractivity contribution is -0.129. The molecule has 0 bridgehead atoms. The largest absolute Gasteiger partial charge is 0.340 e. The maximum Gasteiger partial charge on any atom is 0.255 e. The van der Waals surface area contributed by atoms with Gasteiger partial charge in [0.05, 0.1) is 5.56 Å². The summed E-state index contributed by atoms with van der Waals surface area (Å²) in [6.07, 6.45) is 3.44. The molecule has 0 unspecified atom stereocenters. The fourth-order valence-electron chi connectivity index (χ4n) is 3.26. The van der Waals surface area contributed by atoms with Gasteiger partial charge in [-0.2, -0.15) is 0 Å². The average Bonchev–Trinajstić information content (AvgIpc) is 3.09. The molecule has 0 aliphatic carbocycles. The summed E-state index contributed by atoms with van der Waals surface area (Å²) < 4.78 is 13.0. The Morgan fingerprint density at radius 1 is 1.07 bits per heavy atom. The topological polar surface area (TPSA) is 75.2 Å². The third kappa shape index (κ3) is 4.29. The number of rotatable bonds is 5. The Labute approximate surface area is 167 Å². The standard InChI is InChI=1S/C22H19FN4O2/c23-18-8-6-15(7-9-18)14-27-11-10-19(22(27)29)26-21(28)17-12-24-20(25-13-17)16-4-2-1-3-5-16/h1-9,12-13,19H,10-11,14H2,(H,26,28)/t19-/m1/s1. The second kappa shape index (κ2) is 8.18. The second-order valence-corrected chi connectivity index (χ2v) is 6.86. The highest BCUT2D eigenvalue weighted by Crippen LogP contribution is 2.17. The SMILES string of the molecule is O=C(N[C@@H]1CCN(Cc2ccc(F)cc2)C1=O)c1cnc(-c2ccccc2)nc1. The van der Waals surface area contributed by atoms with E-state index < -0.39 is 6.04 Å². The van der Waals surface area contributed by atoms with Crippen molar-refractivity contribution in [2.45, 2.75) is 19.0 Å². The fraction of sp³-hybridized carbons (Fsp3) is 0.182. The van der Waals surface area contributed by atoms with Crippen molar-refractivity contribution < 1.29 is 14.0 Å². The number of aromatic nitrogens is 2. The zero-order chi connectivity index (χ0) is 20.2. The van der Waals surface area contributed by atoms with Crippen LogP contribution in [0.3, 0.4) is 0 Å². The van der Waals surface area contributed by atoms with Crippen LogP contribution in [0.4, 0.5) is 4.39 Å². The molecule has 1 saturated heterocycles. The number of halogens is 1.